The molecule has 0 aliphatic carbocycles. The molecule has 2 heterocycles. The van der Waals surface area contributed by atoms with E-state index in [9.17, 15) is 94.8 Å². The second kappa shape index (κ2) is 13.3. The molecule has 0 N–H and O–H groups in total. The smallest absolute Gasteiger partial charge is 0.236 e. The molecule has 3 rings (SSSR count). The van der Waals surface area contributed by atoms with Gasteiger partial charge in [-0.25, -0.2) is 9.97 Å². The van der Waals surface area contributed by atoms with E-state index in [1.807, 2.05) is 0 Å². The van der Waals surface area contributed by atoms with Crippen molar-refractivity contribution < 1.29 is 52.7 Å². The molecule has 0 spiro atoms. The maximum absolute atomic E-state index is 13.9. The number of nitriles is 8. The predicted molar refractivity (Wildman–Crippen MR) is 139 cm³/mol. The van der Waals surface area contributed by atoms with Crippen molar-refractivity contribution >= 4 is 11.1 Å². The SMILES string of the molecule is N#CC(c1c(C#N)c(C(F)(F)F)nc(C(F)(F)F)c1C#N)=c1cc(C#N)c(=C(C#N)c2c(C#N)c(C(F)(F)F)nc(C(F)(F)F)c2C#N)c(C#N)c1. The Balaban J connectivity index is 2.88. The summed E-state index contributed by atoms with van der Waals surface area (Å²) in [6.45, 7) is 0. The van der Waals surface area contributed by atoms with E-state index < -0.39 is 114 Å². The highest BCUT2D eigenvalue weighted by Crippen LogP contribution is 2.42. The maximum atomic E-state index is 13.9. The Hall–Kier alpha value is -7.66. The summed E-state index contributed by atoms with van der Waals surface area (Å²) < 4.78 is 166. The third-order valence-electron chi connectivity index (χ3n) is 6.56. The van der Waals surface area contributed by atoms with Crippen molar-refractivity contribution in [3.63, 3.8) is 0 Å². The van der Waals surface area contributed by atoms with E-state index in [-0.39, 0.29) is 0 Å². The Bertz CT molecular complexity index is 2410. The summed E-state index contributed by atoms with van der Waals surface area (Å²) >= 11 is 0. The van der Waals surface area contributed by atoms with E-state index in [2.05, 4.69) is 9.97 Å². The van der Waals surface area contributed by atoms with Gasteiger partial charge in [0.2, 0.25) is 0 Å². The first kappa shape index (κ1) is 38.8. The highest BCUT2D eigenvalue weighted by atomic mass is 19.4. The predicted octanol–water partition coefficient (Wildman–Crippen LogP) is 5.23. The van der Waals surface area contributed by atoms with Gasteiger partial charge in [0.25, 0.3) is 0 Å². The molecular weight excluding hydrogens is 728 g/mol. The fourth-order valence-electron chi connectivity index (χ4n) is 4.66. The minimum absolute atomic E-state index is 0.309. The third-order valence-corrected chi connectivity index (χ3v) is 6.56. The van der Waals surface area contributed by atoms with Crippen LogP contribution in [0.3, 0.4) is 0 Å². The summed E-state index contributed by atoms with van der Waals surface area (Å²) in [6, 6.07) is 8.86. The summed E-state index contributed by atoms with van der Waals surface area (Å²) in [7, 11) is 0. The molecule has 0 aliphatic rings. The number of pyridine rings is 2. The van der Waals surface area contributed by atoms with E-state index in [1.54, 1.807) is 0 Å². The number of hydrogen-bond donors (Lipinski definition) is 0. The van der Waals surface area contributed by atoms with Crippen LogP contribution in [0.1, 0.15) is 67.3 Å². The molecular formula is C30H2F12N10. The lowest BCUT2D eigenvalue weighted by Crippen LogP contribution is -2.26. The van der Waals surface area contributed by atoms with Gasteiger partial charge >= 0.3 is 24.7 Å². The van der Waals surface area contributed by atoms with Gasteiger partial charge in [-0.1, -0.05) is 0 Å². The third kappa shape index (κ3) is 6.65. The Kier molecular flexibility index (Phi) is 9.94. The van der Waals surface area contributed by atoms with Gasteiger partial charge in [0.05, 0.1) is 56.7 Å². The van der Waals surface area contributed by atoms with E-state index >= 15 is 0 Å². The van der Waals surface area contributed by atoms with Crippen molar-refractivity contribution in [1.82, 2.24) is 9.97 Å². The molecule has 0 atom stereocenters. The number of rotatable bonds is 2. The first-order valence-electron chi connectivity index (χ1n) is 12.6. The zero-order valence-corrected chi connectivity index (χ0v) is 24.2. The quantitative estimate of drug-likeness (QED) is 0.313. The molecule has 0 unspecified atom stereocenters. The van der Waals surface area contributed by atoms with Crippen molar-refractivity contribution in [2.45, 2.75) is 24.7 Å². The number of halogens is 12. The van der Waals surface area contributed by atoms with Crippen LogP contribution >= 0.6 is 0 Å². The largest absolute Gasteiger partial charge is 0.434 e. The van der Waals surface area contributed by atoms with E-state index in [0.717, 1.165) is 36.4 Å². The average Bonchev–Trinajstić information content (AvgIpc) is 3.05. The first-order valence-corrected chi connectivity index (χ1v) is 12.6. The molecule has 0 radical (unpaired) electrons. The minimum Gasteiger partial charge on any atom is -0.236 e. The topological polar surface area (TPSA) is 216 Å². The van der Waals surface area contributed by atoms with Crippen LogP contribution in [0.2, 0.25) is 0 Å². The number of benzene rings is 1. The fourth-order valence-corrected chi connectivity index (χ4v) is 4.66. The van der Waals surface area contributed by atoms with Crippen LogP contribution in [0.5, 0.6) is 0 Å². The summed E-state index contributed by atoms with van der Waals surface area (Å²) in [4.78, 5) is 4.75. The summed E-state index contributed by atoms with van der Waals surface area (Å²) in [5.74, 6) is 0. The molecule has 0 saturated heterocycles. The van der Waals surface area contributed by atoms with E-state index in [0.29, 0.717) is 12.1 Å². The highest BCUT2D eigenvalue weighted by molar-refractivity contribution is 5.87. The molecule has 10 nitrogen and oxygen atoms in total. The second-order valence-corrected chi connectivity index (χ2v) is 9.45. The molecule has 0 saturated carbocycles. The molecule has 256 valence electrons. The van der Waals surface area contributed by atoms with E-state index in [1.165, 1.54) is 12.1 Å². The van der Waals surface area contributed by atoms with Gasteiger partial charge in [0, 0.05) is 16.3 Å². The average molecular weight is 730 g/mol. The van der Waals surface area contributed by atoms with Crippen LogP contribution in [0.4, 0.5) is 52.7 Å². The van der Waals surface area contributed by atoms with Crippen LogP contribution in [0.25, 0.3) is 11.1 Å². The zero-order valence-electron chi connectivity index (χ0n) is 24.2. The van der Waals surface area contributed by atoms with Gasteiger partial charge in [-0.3, -0.25) is 0 Å². The Morgan fingerprint density at radius 3 is 0.904 bits per heavy atom. The molecule has 0 amide bonds. The normalized spacial score (nSPS) is 11.3. The van der Waals surface area contributed by atoms with Crippen LogP contribution in [0.15, 0.2) is 12.1 Å². The Morgan fingerprint density at radius 1 is 0.423 bits per heavy atom. The van der Waals surface area contributed by atoms with Gasteiger partial charge in [-0.2, -0.15) is 94.8 Å². The number of nitrogens with zero attached hydrogens (tertiary/aromatic N) is 10. The van der Waals surface area contributed by atoms with Crippen LogP contribution in [-0.4, -0.2) is 9.97 Å². The molecule has 0 bridgehead atoms. The van der Waals surface area contributed by atoms with Gasteiger partial charge in [0.1, 0.15) is 36.4 Å². The lowest BCUT2D eigenvalue weighted by atomic mass is 9.88. The minimum atomic E-state index is -5.86. The van der Waals surface area contributed by atoms with E-state index in [4.69, 9.17) is 0 Å². The monoisotopic (exact) mass is 730 g/mol. The van der Waals surface area contributed by atoms with Gasteiger partial charge in [-0.15, -0.1) is 0 Å². The zero-order chi connectivity index (χ0) is 39.7. The van der Waals surface area contributed by atoms with Crippen LogP contribution in [-0.2, 0) is 24.7 Å². The summed E-state index contributed by atoms with van der Waals surface area (Å²) in [6.07, 6.45) is -23.4. The summed E-state index contributed by atoms with van der Waals surface area (Å²) in [5.41, 5.74) is -26.4. The molecule has 22 heteroatoms. The standard InChI is InChI=1S/C30H2F12N10/c31-27(32,33)23-16(7-47)21(17(8-48)24(51-23)28(34,35)36)14(5-45)11-1-12(3-43)20(13(2-11)4-44)15(6-46)22-18(9-49)25(29(37,38)39)52-26(19(22)10-50)30(40,41)42/h1-2H. The summed E-state index contributed by atoms with van der Waals surface area (Å²) in [5, 5.41) is 75.7. The molecule has 3 aromatic rings. The number of hydrogen-bond acceptors (Lipinski definition) is 10. The van der Waals surface area contributed by atoms with Gasteiger partial charge < -0.3 is 0 Å². The number of alkyl halides is 12. The second-order valence-electron chi connectivity index (χ2n) is 9.45. The first-order chi connectivity index (χ1) is 24.0. The molecule has 1 aromatic carbocycles. The highest BCUT2D eigenvalue weighted by Gasteiger charge is 2.46. The molecule has 0 aliphatic heterocycles. The molecule has 2 aromatic heterocycles. The Morgan fingerprint density at radius 2 is 0.692 bits per heavy atom. The molecule has 0 fully saturated rings. The lowest BCUT2D eigenvalue weighted by molar-refractivity contribution is -0.151. The molecule has 52 heavy (non-hydrogen) atoms. The van der Waals surface area contributed by atoms with Crippen LogP contribution < -0.4 is 10.4 Å². The van der Waals surface area contributed by atoms with Gasteiger partial charge in [0.15, 0.2) is 22.8 Å². The van der Waals surface area contributed by atoms with Crippen molar-refractivity contribution in [2.75, 3.05) is 0 Å². The van der Waals surface area contributed by atoms with Crippen molar-refractivity contribution in [1.29, 1.82) is 42.1 Å². The van der Waals surface area contributed by atoms with Crippen molar-refractivity contribution in [2.24, 2.45) is 0 Å². The maximum Gasteiger partial charge on any atom is 0.434 e. The Labute approximate surface area is 279 Å². The van der Waals surface area contributed by atoms with Crippen molar-refractivity contribution in [3.8, 4) is 48.6 Å². The van der Waals surface area contributed by atoms with Crippen LogP contribution in [0, 0.1) is 90.6 Å². The van der Waals surface area contributed by atoms with Gasteiger partial charge in [-0.05, 0) is 17.4 Å². The fraction of sp³-hybridized carbons (Fsp3) is 0.133. The van der Waals surface area contributed by atoms with Crippen molar-refractivity contribution in [3.05, 3.63) is 89.9 Å². The number of aromatic nitrogens is 2. The lowest BCUT2D eigenvalue weighted by Gasteiger charge is -2.18.